The lowest BCUT2D eigenvalue weighted by molar-refractivity contribution is -0.162. The zero-order chi connectivity index (χ0) is 13.4. The van der Waals surface area contributed by atoms with Crippen molar-refractivity contribution in [2.45, 2.75) is 45.6 Å². The molecule has 0 bridgehead atoms. The van der Waals surface area contributed by atoms with Crippen molar-refractivity contribution in [3.63, 3.8) is 0 Å². The molecule has 0 radical (unpaired) electrons. The molecule has 0 aromatic carbocycles. The summed E-state index contributed by atoms with van der Waals surface area (Å²) in [6, 6.07) is 0. The Balaban J connectivity index is 2.47. The van der Waals surface area contributed by atoms with Gasteiger partial charge in [-0.1, -0.05) is 0 Å². The molecular formula is C13H22O5. The Bertz CT molecular complexity index is 253. The van der Waals surface area contributed by atoms with Crippen LogP contribution in [0.1, 0.15) is 39.5 Å². The van der Waals surface area contributed by atoms with Gasteiger partial charge in [0.25, 0.3) is 0 Å². The summed E-state index contributed by atoms with van der Waals surface area (Å²) >= 11 is 0. The minimum Gasteiger partial charge on any atom is -0.465 e. The predicted molar refractivity (Wildman–Crippen MR) is 65.0 cm³/mol. The number of ether oxygens (including phenoxy) is 3. The Labute approximate surface area is 108 Å². The SMILES string of the molecule is CCOC(=O)C(CCC1CCCO1)C(=O)OCC. The van der Waals surface area contributed by atoms with Crippen molar-refractivity contribution in [2.24, 2.45) is 5.92 Å². The van der Waals surface area contributed by atoms with E-state index in [1.165, 1.54) is 0 Å². The number of hydrogen-bond acceptors (Lipinski definition) is 5. The van der Waals surface area contributed by atoms with Gasteiger partial charge in [-0.3, -0.25) is 9.59 Å². The van der Waals surface area contributed by atoms with Crippen molar-refractivity contribution in [2.75, 3.05) is 19.8 Å². The van der Waals surface area contributed by atoms with Crippen LogP contribution in [0.25, 0.3) is 0 Å². The van der Waals surface area contributed by atoms with E-state index in [1.54, 1.807) is 13.8 Å². The highest BCUT2D eigenvalue weighted by atomic mass is 16.6. The van der Waals surface area contributed by atoms with Crippen LogP contribution < -0.4 is 0 Å². The third-order valence-corrected chi connectivity index (χ3v) is 2.94. The third kappa shape index (κ3) is 4.64. The van der Waals surface area contributed by atoms with Crippen LogP contribution in [0.2, 0.25) is 0 Å². The first-order valence-corrected chi connectivity index (χ1v) is 6.63. The molecule has 18 heavy (non-hydrogen) atoms. The van der Waals surface area contributed by atoms with Crippen LogP contribution in [0.4, 0.5) is 0 Å². The first kappa shape index (κ1) is 15.0. The maximum Gasteiger partial charge on any atom is 0.320 e. The summed E-state index contributed by atoms with van der Waals surface area (Å²) < 4.78 is 15.3. The summed E-state index contributed by atoms with van der Waals surface area (Å²) in [5.41, 5.74) is 0. The van der Waals surface area contributed by atoms with E-state index in [-0.39, 0.29) is 19.3 Å². The monoisotopic (exact) mass is 258 g/mol. The molecule has 1 rings (SSSR count). The second-order valence-corrected chi connectivity index (χ2v) is 4.27. The van der Waals surface area contributed by atoms with Gasteiger partial charge in [-0.25, -0.2) is 0 Å². The van der Waals surface area contributed by atoms with Gasteiger partial charge in [-0.15, -0.1) is 0 Å². The summed E-state index contributed by atoms with van der Waals surface area (Å²) in [5.74, 6) is -1.79. The Hall–Kier alpha value is -1.10. The van der Waals surface area contributed by atoms with Crippen molar-refractivity contribution in [3.8, 4) is 0 Å². The van der Waals surface area contributed by atoms with E-state index in [9.17, 15) is 9.59 Å². The van der Waals surface area contributed by atoms with Gasteiger partial charge in [0.1, 0.15) is 0 Å². The lowest BCUT2D eigenvalue weighted by atomic mass is 10.00. The van der Waals surface area contributed by atoms with Crippen molar-refractivity contribution in [3.05, 3.63) is 0 Å². The average molecular weight is 258 g/mol. The van der Waals surface area contributed by atoms with Crippen LogP contribution in [0.3, 0.4) is 0 Å². The summed E-state index contributed by atoms with van der Waals surface area (Å²) in [6.45, 7) is 4.76. The molecule has 1 saturated heterocycles. The molecule has 0 saturated carbocycles. The van der Waals surface area contributed by atoms with Gasteiger partial charge in [0.2, 0.25) is 0 Å². The molecular weight excluding hydrogens is 236 g/mol. The van der Waals surface area contributed by atoms with Gasteiger partial charge in [0, 0.05) is 6.61 Å². The number of esters is 2. The standard InChI is InChI=1S/C13H22O5/c1-3-16-12(14)11(13(15)17-4-2)8-7-10-6-5-9-18-10/h10-11H,3-9H2,1-2H3. The van der Waals surface area contributed by atoms with Crippen LogP contribution in [0, 0.1) is 5.92 Å². The summed E-state index contributed by atoms with van der Waals surface area (Å²) in [6.07, 6.45) is 3.34. The molecule has 0 aromatic heterocycles. The van der Waals surface area contributed by atoms with Gasteiger partial charge >= 0.3 is 11.9 Å². The number of carbonyl (C=O) groups is 2. The van der Waals surface area contributed by atoms with E-state index < -0.39 is 17.9 Å². The molecule has 1 aliphatic heterocycles. The van der Waals surface area contributed by atoms with Crippen molar-refractivity contribution >= 4 is 11.9 Å². The third-order valence-electron chi connectivity index (χ3n) is 2.94. The quantitative estimate of drug-likeness (QED) is 0.513. The second-order valence-electron chi connectivity index (χ2n) is 4.27. The van der Waals surface area contributed by atoms with Crippen LogP contribution in [0.5, 0.6) is 0 Å². The van der Waals surface area contributed by atoms with E-state index >= 15 is 0 Å². The van der Waals surface area contributed by atoms with Gasteiger partial charge < -0.3 is 14.2 Å². The lowest BCUT2D eigenvalue weighted by Gasteiger charge is -2.16. The smallest absolute Gasteiger partial charge is 0.320 e. The van der Waals surface area contributed by atoms with Crippen LogP contribution in [-0.2, 0) is 23.8 Å². The molecule has 1 unspecified atom stereocenters. The maximum absolute atomic E-state index is 11.7. The molecule has 5 nitrogen and oxygen atoms in total. The number of hydrogen-bond donors (Lipinski definition) is 0. The normalized spacial score (nSPS) is 18.9. The molecule has 1 atom stereocenters. The largest absolute Gasteiger partial charge is 0.465 e. The van der Waals surface area contributed by atoms with Crippen molar-refractivity contribution in [1.82, 2.24) is 0 Å². The molecule has 0 spiro atoms. The van der Waals surface area contributed by atoms with Gasteiger partial charge in [0.15, 0.2) is 5.92 Å². The van der Waals surface area contributed by atoms with Gasteiger partial charge in [-0.05, 0) is 39.5 Å². The summed E-state index contributed by atoms with van der Waals surface area (Å²) in [5, 5.41) is 0. The average Bonchev–Trinajstić information content (AvgIpc) is 2.83. The topological polar surface area (TPSA) is 61.8 Å². The van der Waals surface area contributed by atoms with Crippen LogP contribution >= 0.6 is 0 Å². The summed E-state index contributed by atoms with van der Waals surface area (Å²) in [7, 11) is 0. The van der Waals surface area contributed by atoms with Gasteiger partial charge in [-0.2, -0.15) is 0 Å². The fourth-order valence-corrected chi connectivity index (χ4v) is 2.04. The van der Waals surface area contributed by atoms with Crippen LogP contribution in [0.15, 0.2) is 0 Å². The highest BCUT2D eigenvalue weighted by Gasteiger charge is 2.30. The molecule has 104 valence electrons. The van der Waals surface area contributed by atoms with E-state index in [0.29, 0.717) is 12.8 Å². The minimum atomic E-state index is -0.811. The predicted octanol–water partition coefficient (Wildman–Crippen LogP) is 1.69. The summed E-state index contributed by atoms with van der Waals surface area (Å²) in [4.78, 5) is 23.4. The Morgan fingerprint density at radius 3 is 2.28 bits per heavy atom. The van der Waals surface area contributed by atoms with E-state index in [0.717, 1.165) is 19.4 Å². The second kappa shape index (κ2) is 8.08. The molecule has 5 heteroatoms. The molecule has 1 fully saturated rings. The highest BCUT2D eigenvalue weighted by Crippen LogP contribution is 2.21. The van der Waals surface area contributed by atoms with Crippen molar-refractivity contribution < 1.29 is 23.8 Å². The number of carbonyl (C=O) groups excluding carboxylic acids is 2. The molecule has 1 heterocycles. The minimum absolute atomic E-state index is 0.163. The molecule has 1 aliphatic rings. The van der Waals surface area contributed by atoms with Crippen LogP contribution in [-0.4, -0.2) is 37.9 Å². The Kier molecular flexibility index (Phi) is 6.72. The Morgan fingerprint density at radius 2 is 1.83 bits per heavy atom. The van der Waals surface area contributed by atoms with E-state index in [1.807, 2.05) is 0 Å². The maximum atomic E-state index is 11.7. The Morgan fingerprint density at radius 1 is 1.22 bits per heavy atom. The fourth-order valence-electron chi connectivity index (χ4n) is 2.04. The lowest BCUT2D eigenvalue weighted by Crippen LogP contribution is -2.29. The molecule has 0 N–H and O–H groups in total. The van der Waals surface area contributed by atoms with E-state index in [2.05, 4.69) is 0 Å². The zero-order valence-electron chi connectivity index (χ0n) is 11.1. The highest BCUT2D eigenvalue weighted by molar-refractivity contribution is 5.94. The van der Waals surface area contributed by atoms with Gasteiger partial charge in [0.05, 0.1) is 19.3 Å². The van der Waals surface area contributed by atoms with E-state index in [4.69, 9.17) is 14.2 Å². The first-order valence-electron chi connectivity index (χ1n) is 6.63. The zero-order valence-corrected chi connectivity index (χ0v) is 11.1. The molecule has 0 amide bonds. The first-order chi connectivity index (χ1) is 8.69. The molecule has 0 aliphatic carbocycles. The van der Waals surface area contributed by atoms with Crippen molar-refractivity contribution in [1.29, 1.82) is 0 Å². The fraction of sp³-hybridized carbons (Fsp3) is 0.846. The molecule has 0 aromatic rings. The number of rotatable bonds is 7.